The Hall–Kier alpha value is -1.40. The highest BCUT2D eigenvalue weighted by Gasteiger charge is 2.32. The van der Waals surface area contributed by atoms with Crippen molar-refractivity contribution in [3.05, 3.63) is 30.2 Å². The molecule has 1 fully saturated rings. The third-order valence-corrected chi connectivity index (χ3v) is 5.42. The van der Waals surface area contributed by atoms with Gasteiger partial charge >= 0.3 is 0 Å². The number of oxazole rings is 1. The number of sulfone groups is 1. The van der Waals surface area contributed by atoms with Crippen molar-refractivity contribution in [3.8, 4) is 0 Å². The zero-order valence-electron chi connectivity index (χ0n) is 10.5. The second-order valence-corrected chi connectivity index (χ2v) is 7.34. The summed E-state index contributed by atoms with van der Waals surface area (Å²) in [6, 6.07) is 7.31. The number of rotatable bonds is 3. The van der Waals surface area contributed by atoms with Crippen molar-refractivity contribution in [2.24, 2.45) is 11.7 Å². The van der Waals surface area contributed by atoms with E-state index in [1.54, 1.807) is 0 Å². The van der Waals surface area contributed by atoms with Gasteiger partial charge in [0, 0.05) is 12.5 Å². The zero-order chi connectivity index (χ0) is 13.5. The first-order valence-corrected chi connectivity index (χ1v) is 8.16. The summed E-state index contributed by atoms with van der Waals surface area (Å²) < 4.78 is 28.5. The van der Waals surface area contributed by atoms with Gasteiger partial charge in [-0.05, 0) is 24.5 Å². The van der Waals surface area contributed by atoms with Gasteiger partial charge in [-0.2, -0.15) is 0 Å². The van der Waals surface area contributed by atoms with Crippen LogP contribution in [-0.4, -0.2) is 30.9 Å². The molecular formula is C13H16N2O3S. The summed E-state index contributed by atoms with van der Waals surface area (Å²) in [7, 11) is -2.89. The summed E-state index contributed by atoms with van der Waals surface area (Å²) in [6.45, 7) is 0. The van der Waals surface area contributed by atoms with Crippen LogP contribution >= 0.6 is 0 Å². The predicted molar refractivity (Wildman–Crippen MR) is 72.4 cm³/mol. The van der Waals surface area contributed by atoms with E-state index in [2.05, 4.69) is 4.98 Å². The van der Waals surface area contributed by atoms with E-state index in [9.17, 15) is 8.42 Å². The van der Waals surface area contributed by atoms with Crippen LogP contribution in [-0.2, 0) is 16.3 Å². The van der Waals surface area contributed by atoms with Crippen molar-refractivity contribution >= 4 is 20.9 Å². The summed E-state index contributed by atoms with van der Waals surface area (Å²) in [4.78, 5) is 4.36. The predicted octanol–water partition coefficient (Wildman–Crippen LogP) is 1.13. The van der Waals surface area contributed by atoms with Gasteiger partial charge in [0.05, 0.1) is 11.5 Å². The van der Waals surface area contributed by atoms with Gasteiger partial charge in [-0.25, -0.2) is 13.4 Å². The van der Waals surface area contributed by atoms with Gasteiger partial charge in [0.1, 0.15) is 5.52 Å². The summed E-state index contributed by atoms with van der Waals surface area (Å²) in [5.74, 6) is 1.03. The van der Waals surface area contributed by atoms with Crippen molar-refractivity contribution in [1.29, 1.82) is 0 Å². The number of nitrogens with zero attached hydrogens (tertiary/aromatic N) is 1. The van der Waals surface area contributed by atoms with Crippen LogP contribution in [0.3, 0.4) is 0 Å². The zero-order valence-corrected chi connectivity index (χ0v) is 11.3. The second kappa shape index (κ2) is 4.61. The Morgan fingerprint density at radius 3 is 2.89 bits per heavy atom. The Morgan fingerprint density at radius 1 is 1.42 bits per heavy atom. The minimum Gasteiger partial charge on any atom is -0.441 e. The SMILES string of the molecule is NC(Cc1nc2ccccc2o1)C1CCS(=O)(=O)C1. The Bertz CT molecular complexity index is 660. The Labute approximate surface area is 111 Å². The van der Waals surface area contributed by atoms with Crippen LogP contribution in [0.4, 0.5) is 0 Å². The molecule has 1 aliphatic heterocycles. The van der Waals surface area contributed by atoms with Crippen molar-refractivity contribution < 1.29 is 12.8 Å². The maximum Gasteiger partial charge on any atom is 0.197 e. The van der Waals surface area contributed by atoms with E-state index in [0.717, 1.165) is 11.1 Å². The minimum absolute atomic E-state index is 0.0139. The van der Waals surface area contributed by atoms with Gasteiger partial charge in [0.2, 0.25) is 0 Å². The highest BCUT2D eigenvalue weighted by Crippen LogP contribution is 2.23. The van der Waals surface area contributed by atoms with Crippen LogP contribution in [0.25, 0.3) is 11.1 Å². The molecule has 2 N–H and O–H groups in total. The monoisotopic (exact) mass is 280 g/mol. The number of para-hydroxylation sites is 2. The molecule has 2 heterocycles. The number of nitrogens with two attached hydrogens (primary N) is 1. The number of hydrogen-bond donors (Lipinski definition) is 1. The van der Waals surface area contributed by atoms with E-state index in [1.807, 2.05) is 24.3 Å². The lowest BCUT2D eigenvalue weighted by Gasteiger charge is -2.15. The van der Waals surface area contributed by atoms with E-state index in [-0.39, 0.29) is 23.5 Å². The lowest BCUT2D eigenvalue weighted by atomic mass is 9.97. The fraction of sp³-hybridized carbons (Fsp3) is 0.462. The number of fused-ring (bicyclic) bond motifs is 1. The summed E-state index contributed by atoms with van der Waals surface area (Å²) >= 11 is 0. The molecular weight excluding hydrogens is 264 g/mol. The largest absolute Gasteiger partial charge is 0.441 e. The smallest absolute Gasteiger partial charge is 0.197 e. The van der Waals surface area contributed by atoms with Gasteiger partial charge in [-0.1, -0.05) is 12.1 Å². The van der Waals surface area contributed by atoms with E-state index in [0.29, 0.717) is 18.7 Å². The van der Waals surface area contributed by atoms with Crippen molar-refractivity contribution in [2.45, 2.75) is 18.9 Å². The molecule has 0 aliphatic carbocycles. The summed E-state index contributed by atoms with van der Waals surface area (Å²) in [5, 5.41) is 0. The first-order valence-electron chi connectivity index (χ1n) is 6.34. The van der Waals surface area contributed by atoms with Gasteiger partial charge < -0.3 is 10.2 Å². The third kappa shape index (κ3) is 2.64. The minimum atomic E-state index is -2.89. The first-order chi connectivity index (χ1) is 9.03. The molecule has 6 heteroatoms. The second-order valence-electron chi connectivity index (χ2n) is 5.11. The molecule has 1 aliphatic rings. The maximum atomic E-state index is 11.4. The Morgan fingerprint density at radius 2 is 2.21 bits per heavy atom. The molecule has 2 aromatic rings. The first kappa shape index (κ1) is 12.6. The molecule has 1 aromatic heterocycles. The van der Waals surface area contributed by atoms with Crippen LogP contribution in [0.1, 0.15) is 12.3 Å². The van der Waals surface area contributed by atoms with E-state index in [4.69, 9.17) is 10.2 Å². The molecule has 0 spiro atoms. The number of hydrogen-bond acceptors (Lipinski definition) is 5. The summed E-state index contributed by atoms with van der Waals surface area (Å²) in [5.41, 5.74) is 7.64. The van der Waals surface area contributed by atoms with Gasteiger partial charge in [0.15, 0.2) is 21.3 Å². The van der Waals surface area contributed by atoms with Gasteiger partial charge in [-0.3, -0.25) is 0 Å². The maximum absolute atomic E-state index is 11.4. The van der Waals surface area contributed by atoms with Gasteiger partial charge in [-0.15, -0.1) is 0 Å². The highest BCUT2D eigenvalue weighted by atomic mass is 32.2. The topological polar surface area (TPSA) is 86.2 Å². The Kier molecular flexibility index (Phi) is 3.06. The highest BCUT2D eigenvalue weighted by molar-refractivity contribution is 7.91. The van der Waals surface area contributed by atoms with E-state index in [1.165, 1.54) is 0 Å². The molecule has 102 valence electrons. The average Bonchev–Trinajstić information content (AvgIpc) is 2.91. The molecule has 1 saturated heterocycles. The summed E-state index contributed by atoms with van der Waals surface area (Å²) in [6.07, 6.45) is 1.12. The molecule has 3 rings (SSSR count). The molecule has 2 atom stereocenters. The molecule has 5 nitrogen and oxygen atoms in total. The van der Waals surface area contributed by atoms with E-state index < -0.39 is 9.84 Å². The Balaban J connectivity index is 1.74. The lowest BCUT2D eigenvalue weighted by Crippen LogP contribution is -2.33. The molecule has 0 bridgehead atoms. The van der Waals surface area contributed by atoms with Crippen molar-refractivity contribution in [1.82, 2.24) is 4.98 Å². The number of aromatic nitrogens is 1. The van der Waals surface area contributed by atoms with Crippen LogP contribution in [0.2, 0.25) is 0 Å². The molecule has 0 saturated carbocycles. The quantitative estimate of drug-likeness (QED) is 0.911. The molecule has 2 unspecified atom stereocenters. The fourth-order valence-electron chi connectivity index (χ4n) is 2.54. The van der Waals surface area contributed by atoms with Gasteiger partial charge in [0.25, 0.3) is 0 Å². The van der Waals surface area contributed by atoms with Crippen LogP contribution in [0.5, 0.6) is 0 Å². The molecule has 0 amide bonds. The molecule has 0 radical (unpaired) electrons. The van der Waals surface area contributed by atoms with Crippen LogP contribution < -0.4 is 5.73 Å². The van der Waals surface area contributed by atoms with Crippen LogP contribution in [0.15, 0.2) is 28.7 Å². The third-order valence-electron chi connectivity index (χ3n) is 3.62. The molecule has 1 aromatic carbocycles. The van der Waals surface area contributed by atoms with Crippen molar-refractivity contribution in [2.75, 3.05) is 11.5 Å². The standard InChI is InChI=1S/C13H16N2O3S/c14-10(9-5-6-19(16,17)8-9)7-13-15-11-3-1-2-4-12(11)18-13/h1-4,9-10H,5-8,14H2. The van der Waals surface area contributed by atoms with E-state index >= 15 is 0 Å². The fourth-order valence-corrected chi connectivity index (χ4v) is 4.43. The lowest BCUT2D eigenvalue weighted by molar-refractivity contribution is 0.416. The number of benzene rings is 1. The van der Waals surface area contributed by atoms with Crippen LogP contribution in [0, 0.1) is 5.92 Å². The normalized spacial score (nSPS) is 23.7. The molecule has 19 heavy (non-hydrogen) atoms. The average molecular weight is 280 g/mol. The van der Waals surface area contributed by atoms with Crippen molar-refractivity contribution in [3.63, 3.8) is 0 Å².